The maximum Gasteiger partial charge on any atom is 0.337 e. The van der Waals surface area contributed by atoms with Crippen LogP contribution >= 0.6 is 11.6 Å². The van der Waals surface area contributed by atoms with Gasteiger partial charge in [-0.05, 0) is 36.2 Å². The van der Waals surface area contributed by atoms with Crippen LogP contribution in [0.25, 0.3) is 0 Å². The molecule has 0 aliphatic heterocycles. The molecule has 3 nitrogen and oxygen atoms in total. The molecule has 0 aliphatic rings. The molecule has 4 heteroatoms. The van der Waals surface area contributed by atoms with Gasteiger partial charge in [0.25, 0.3) is 0 Å². The van der Waals surface area contributed by atoms with Gasteiger partial charge in [0.15, 0.2) is 0 Å². The Balaban J connectivity index is 2.17. The lowest BCUT2D eigenvalue weighted by Gasteiger charge is -2.11. The highest BCUT2D eigenvalue weighted by Gasteiger charge is 2.09. The molecular weight excluding hydrogens is 274 g/mol. The summed E-state index contributed by atoms with van der Waals surface area (Å²) >= 11 is 6.14. The van der Waals surface area contributed by atoms with Crippen molar-refractivity contribution in [2.24, 2.45) is 0 Å². The zero-order valence-corrected chi connectivity index (χ0v) is 12.2. The number of carbonyl (C=O) groups excluding carboxylic acids is 1. The maximum atomic E-state index is 11.5. The predicted octanol–water partition coefficient (Wildman–Crippen LogP) is 4.05. The minimum Gasteiger partial charge on any atom is -0.465 e. The number of anilines is 1. The summed E-state index contributed by atoms with van der Waals surface area (Å²) in [6.07, 6.45) is 0. The van der Waals surface area contributed by atoms with Crippen molar-refractivity contribution in [3.05, 3.63) is 64.2 Å². The van der Waals surface area contributed by atoms with Crippen molar-refractivity contribution in [3.63, 3.8) is 0 Å². The quantitative estimate of drug-likeness (QED) is 0.863. The highest BCUT2D eigenvalue weighted by molar-refractivity contribution is 6.33. The van der Waals surface area contributed by atoms with Crippen LogP contribution in [0.2, 0.25) is 5.02 Å². The van der Waals surface area contributed by atoms with E-state index in [0.717, 1.165) is 5.69 Å². The monoisotopic (exact) mass is 289 g/mol. The first-order valence-electron chi connectivity index (χ1n) is 6.28. The number of halogens is 1. The summed E-state index contributed by atoms with van der Waals surface area (Å²) in [4.78, 5) is 11.5. The van der Waals surface area contributed by atoms with Gasteiger partial charge in [0, 0.05) is 6.54 Å². The average molecular weight is 290 g/mol. The van der Waals surface area contributed by atoms with E-state index in [-0.39, 0.29) is 5.97 Å². The molecule has 0 saturated heterocycles. The van der Waals surface area contributed by atoms with Gasteiger partial charge in [0.1, 0.15) is 0 Å². The van der Waals surface area contributed by atoms with Gasteiger partial charge in [0.05, 0.1) is 23.4 Å². The molecule has 0 saturated carbocycles. The van der Waals surface area contributed by atoms with Gasteiger partial charge in [-0.1, -0.05) is 35.9 Å². The van der Waals surface area contributed by atoms with E-state index in [1.807, 2.05) is 12.1 Å². The van der Waals surface area contributed by atoms with E-state index in [1.54, 1.807) is 18.2 Å². The van der Waals surface area contributed by atoms with Gasteiger partial charge >= 0.3 is 5.97 Å². The highest BCUT2D eigenvalue weighted by Crippen LogP contribution is 2.24. The molecule has 1 N–H and O–H groups in total. The van der Waals surface area contributed by atoms with E-state index in [9.17, 15) is 4.79 Å². The second-order valence-corrected chi connectivity index (χ2v) is 4.87. The Morgan fingerprint density at radius 1 is 1.25 bits per heavy atom. The van der Waals surface area contributed by atoms with Crippen LogP contribution in [-0.2, 0) is 11.3 Å². The molecule has 0 fully saturated rings. The van der Waals surface area contributed by atoms with Crippen LogP contribution in [0.4, 0.5) is 5.69 Å². The number of ether oxygens (including phenoxy) is 1. The molecule has 104 valence electrons. The van der Waals surface area contributed by atoms with Gasteiger partial charge in [0.2, 0.25) is 0 Å². The largest absolute Gasteiger partial charge is 0.465 e. The lowest BCUT2D eigenvalue weighted by Crippen LogP contribution is -2.05. The summed E-state index contributed by atoms with van der Waals surface area (Å²) in [6.45, 7) is 2.71. The van der Waals surface area contributed by atoms with Crippen molar-refractivity contribution in [2.75, 3.05) is 12.4 Å². The van der Waals surface area contributed by atoms with Gasteiger partial charge in [-0.3, -0.25) is 0 Å². The third-order valence-electron chi connectivity index (χ3n) is 3.12. The fourth-order valence-electron chi connectivity index (χ4n) is 1.90. The number of carbonyl (C=O) groups is 1. The first-order valence-corrected chi connectivity index (χ1v) is 6.66. The maximum absolute atomic E-state index is 11.5. The van der Waals surface area contributed by atoms with Crippen molar-refractivity contribution < 1.29 is 9.53 Å². The average Bonchev–Trinajstić information content (AvgIpc) is 2.47. The van der Waals surface area contributed by atoms with E-state index in [1.165, 1.54) is 18.2 Å². The van der Waals surface area contributed by atoms with Crippen molar-refractivity contribution in [2.45, 2.75) is 13.5 Å². The van der Waals surface area contributed by atoms with E-state index in [0.29, 0.717) is 17.1 Å². The molecule has 0 heterocycles. The van der Waals surface area contributed by atoms with Gasteiger partial charge in [-0.25, -0.2) is 4.79 Å². The van der Waals surface area contributed by atoms with Crippen LogP contribution in [0.1, 0.15) is 21.5 Å². The van der Waals surface area contributed by atoms with Gasteiger partial charge in [-0.2, -0.15) is 0 Å². The number of hydrogen-bond donors (Lipinski definition) is 1. The number of esters is 1. The Morgan fingerprint density at radius 2 is 2.00 bits per heavy atom. The number of aryl methyl sites for hydroxylation is 1. The molecule has 2 aromatic carbocycles. The Morgan fingerprint density at radius 3 is 2.70 bits per heavy atom. The fraction of sp³-hybridized carbons (Fsp3) is 0.188. The van der Waals surface area contributed by atoms with Gasteiger partial charge in [-0.15, -0.1) is 0 Å². The zero-order chi connectivity index (χ0) is 14.5. The second kappa shape index (κ2) is 6.44. The topological polar surface area (TPSA) is 38.3 Å². The number of rotatable bonds is 4. The number of nitrogens with one attached hydrogen (secondary N) is 1. The number of hydrogen-bond acceptors (Lipinski definition) is 3. The van der Waals surface area contributed by atoms with Crippen molar-refractivity contribution in [3.8, 4) is 0 Å². The third kappa shape index (κ3) is 3.31. The summed E-state index contributed by atoms with van der Waals surface area (Å²) in [5, 5.41) is 3.82. The molecule has 0 aromatic heterocycles. The highest BCUT2D eigenvalue weighted by atomic mass is 35.5. The summed E-state index contributed by atoms with van der Waals surface area (Å²) in [5.41, 5.74) is 3.59. The molecule has 0 aliphatic carbocycles. The van der Waals surface area contributed by atoms with Crippen LogP contribution in [0.15, 0.2) is 42.5 Å². The first-order chi connectivity index (χ1) is 9.61. The Labute approximate surface area is 123 Å². The van der Waals surface area contributed by atoms with Crippen LogP contribution < -0.4 is 5.32 Å². The molecule has 20 heavy (non-hydrogen) atoms. The fourth-order valence-corrected chi connectivity index (χ4v) is 2.09. The molecule has 0 spiro atoms. The molecule has 0 bridgehead atoms. The third-order valence-corrected chi connectivity index (χ3v) is 3.45. The number of methoxy groups -OCH3 is 1. The summed E-state index contributed by atoms with van der Waals surface area (Å²) in [5.74, 6) is -0.374. The van der Waals surface area contributed by atoms with E-state index in [2.05, 4.69) is 24.4 Å². The molecular formula is C16H16ClNO2. The van der Waals surface area contributed by atoms with Crippen LogP contribution in [0.5, 0.6) is 0 Å². The molecule has 0 radical (unpaired) electrons. The summed E-state index contributed by atoms with van der Waals surface area (Å²) in [7, 11) is 1.36. The number of benzene rings is 2. The lowest BCUT2D eigenvalue weighted by molar-refractivity contribution is 0.0601. The SMILES string of the molecule is COC(=O)c1ccc(Cl)c(NCc2ccccc2C)c1. The summed E-state index contributed by atoms with van der Waals surface area (Å²) < 4.78 is 4.70. The first kappa shape index (κ1) is 14.4. The zero-order valence-electron chi connectivity index (χ0n) is 11.4. The minimum atomic E-state index is -0.374. The normalized spacial score (nSPS) is 10.2. The minimum absolute atomic E-state index is 0.374. The standard InChI is InChI=1S/C16H16ClNO2/c1-11-5-3-4-6-13(11)10-18-15-9-12(16(19)20-2)7-8-14(15)17/h3-9,18H,10H2,1-2H3. The molecule has 0 amide bonds. The molecule has 0 atom stereocenters. The van der Waals surface area contributed by atoms with Crippen molar-refractivity contribution in [1.29, 1.82) is 0 Å². The van der Waals surface area contributed by atoms with Gasteiger partial charge < -0.3 is 10.1 Å². The van der Waals surface area contributed by atoms with Crippen molar-refractivity contribution in [1.82, 2.24) is 0 Å². The second-order valence-electron chi connectivity index (χ2n) is 4.47. The van der Waals surface area contributed by atoms with E-state index >= 15 is 0 Å². The Hall–Kier alpha value is -2.00. The Kier molecular flexibility index (Phi) is 4.64. The van der Waals surface area contributed by atoms with Crippen molar-refractivity contribution >= 4 is 23.3 Å². The van der Waals surface area contributed by atoms with Crippen LogP contribution in [0.3, 0.4) is 0 Å². The Bertz CT molecular complexity index is 626. The van der Waals surface area contributed by atoms with E-state index < -0.39 is 0 Å². The molecule has 2 rings (SSSR count). The smallest absolute Gasteiger partial charge is 0.337 e. The molecule has 0 unspecified atom stereocenters. The van der Waals surface area contributed by atoms with Crippen LogP contribution in [-0.4, -0.2) is 13.1 Å². The predicted molar refractivity (Wildman–Crippen MR) is 81.3 cm³/mol. The lowest BCUT2D eigenvalue weighted by atomic mass is 10.1. The van der Waals surface area contributed by atoms with Crippen LogP contribution in [0, 0.1) is 6.92 Å². The molecule has 2 aromatic rings. The van der Waals surface area contributed by atoms with E-state index in [4.69, 9.17) is 16.3 Å². The summed E-state index contributed by atoms with van der Waals surface area (Å²) in [6, 6.07) is 13.2.